The highest BCUT2D eigenvalue weighted by Gasteiger charge is 2.05. The lowest BCUT2D eigenvalue weighted by atomic mass is 9.98. The molecule has 1 nitrogen and oxygen atoms in total. The number of rotatable bonds is 0. The van der Waals surface area contributed by atoms with E-state index < -0.39 is 0 Å². The monoisotopic (exact) mass is 278 g/mol. The van der Waals surface area contributed by atoms with Gasteiger partial charge in [0.15, 0.2) is 0 Å². The molecule has 4 aromatic carbocycles. The quantitative estimate of drug-likeness (QED) is 0.275. The summed E-state index contributed by atoms with van der Waals surface area (Å²) in [6.07, 6.45) is 0. The van der Waals surface area contributed by atoms with Gasteiger partial charge in [0.25, 0.3) is 0 Å². The van der Waals surface area contributed by atoms with E-state index in [1.807, 2.05) is 24.3 Å². The Hall–Kier alpha value is -2.11. The topological polar surface area (TPSA) is 20.2 Å². The predicted molar refractivity (Wildman–Crippen MR) is 91.7 cm³/mol. The van der Waals surface area contributed by atoms with E-state index in [1.165, 1.54) is 10.8 Å². The first-order chi connectivity index (χ1) is 9.33. The number of fused-ring (bicyclic) bond motifs is 4. The van der Waals surface area contributed by atoms with Crippen molar-refractivity contribution in [2.75, 3.05) is 0 Å². The zero-order valence-corrected chi connectivity index (χ0v) is 12.4. The summed E-state index contributed by atoms with van der Waals surface area (Å²) in [5, 5.41) is 16.8. The van der Waals surface area contributed by atoms with Gasteiger partial charge in [-0.1, -0.05) is 48.5 Å². The molecule has 0 saturated carbocycles. The van der Waals surface area contributed by atoms with Gasteiger partial charge in [-0.25, -0.2) is 0 Å². The minimum atomic E-state index is 0. The van der Waals surface area contributed by atoms with Crippen molar-refractivity contribution in [2.24, 2.45) is 0 Å². The van der Waals surface area contributed by atoms with Crippen molar-refractivity contribution in [3.63, 3.8) is 0 Å². The molecule has 0 amide bonds. The van der Waals surface area contributed by atoms with Crippen LogP contribution in [-0.2, 0) is 0 Å². The molecule has 4 rings (SSSR count). The van der Waals surface area contributed by atoms with E-state index in [2.05, 4.69) is 36.4 Å². The van der Waals surface area contributed by atoms with Gasteiger partial charge in [0.05, 0.1) is 0 Å². The number of phenols is 1. The van der Waals surface area contributed by atoms with Gasteiger partial charge in [-0.05, 0) is 45.1 Å². The van der Waals surface area contributed by atoms with Crippen LogP contribution >= 0.6 is 9.90 Å². The summed E-state index contributed by atoms with van der Waals surface area (Å²) in [7, 11) is 0. The molecule has 1 atom stereocenters. The number of hydrogen-bond acceptors (Lipinski definition) is 1. The molecule has 4 aromatic rings. The van der Waals surface area contributed by atoms with Crippen molar-refractivity contribution >= 4 is 42.2 Å². The Labute approximate surface area is 120 Å². The Morgan fingerprint density at radius 3 is 2.05 bits per heavy atom. The molecule has 0 aliphatic carbocycles. The molecule has 0 saturated heterocycles. The van der Waals surface area contributed by atoms with Gasteiger partial charge in [-0.2, -0.15) is 9.90 Å². The fourth-order valence-corrected chi connectivity index (χ4v) is 2.78. The Bertz CT molecular complexity index is 928. The van der Waals surface area contributed by atoms with E-state index in [0.717, 1.165) is 21.5 Å². The smallest absolute Gasteiger partial charge is 0.124 e. The maximum atomic E-state index is 10.1. The van der Waals surface area contributed by atoms with Crippen LogP contribution in [0.2, 0.25) is 0 Å². The third-order valence-electron chi connectivity index (χ3n) is 3.70. The summed E-state index contributed by atoms with van der Waals surface area (Å²) in [6, 6.07) is 22.5. The Kier molecular flexibility index (Phi) is 3.08. The van der Waals surface area contributed by atoms with Crippen LogP contribution in [0, 0.1) is 0 Å². The Morgan fingerprint density at radius 2 is 1.25 bits per heavy atom. The fourth-order valence-electron chi connectivity index (χ4n) is 2.78. The standard InChI is InChI=1S/C18H12O.H3P/c19-17-7-3-6-12-8-9-15-10-13-4-1-2-5-14(13)11-16(15)18(12)17;/h1-11,19H;1H3. The second kappa shape index (κ2) is 4.77. The molecule has 98 valence electrons. The van der Waals surface area contributed by atoms with E-state index in [0.29, 0.717) is 5.75 Å². The second-order valence-corrected chi connectivity index (χ2v) is 4.86. The first-order valence-corrected chi connectivity index (χ1v) is 6.36. The molecule has 0 heterocycles. The summed E-state index contributed by atoms with van der Waals surface area (Å²) in [4.78, 5) is 0. The summed E-state index contributed by atoms with van der Waals surface area (Å²) in [5.74, 6) is 0.346. The van der Waals surface area contributed by atoms with Gasteiger partial charge in [0.1, 0.15) is 5.75 Å². The van der Waals surface area contributed by atoms with Crippen molar-refractivity contribution in [3.8, 4) is 5.75 Å². The van der Waals surface area contributed by atoms with E-state index in [9.17, 15) is 5.11 Å². The largest absolute Gasteiger partial charge is 0.507 e. The SMILES string of the molecule is Oc1cccc2ccc3cc4ccccc4cc3c12.P. The van der Waals surface area contributed by atoms with Crippen molar-refractivity contribution in [1.82, 2.24) is 0 Å². The number of hydrogen-bond donors (Lipinski definition) is 1. The van der Waals surface area contributed by atoms with Crippen LogP contribution in [0.15, 0.2) is 66.7 Å². The zero-order chi connectivity index (χ0) is 12.8. The molecule has 0 radical (unpaired) electrons. The molecule has 0 spiro atoms. The van der Waals surface area contributed by atoms with Crippen molar-refractivity contribution in [3.05, 3.63) is 66.7 Å². The summed E-state index contributed by atoms with van der Waals surface area (Å²) in [6.45, 7) is 0. The van der Waals surface area contributed by atoms with Gasteiger partial charge < -0.3 is 5.11 Å². The van der Waals surface area contributed by atoms with Crippen LogP contribution in [-0.4, -0.2) is 5.11 Å². The zero-order valence-electron chi connectivity index (χ0n) is 11.0. The van der Waals surface area contributed by atoms with Crippen LogP contribution < -0.4 is 0 Å². The van der Waals surface area contributed by atoms with Crippen LogP contribution in [0.4, 0.5) is 0 Å². The second-order valence-electron chi connectivity index (χ2n) is 4.86. The molecule has 0 aromatic heterocycles. The molecule has 1 N–H and O–H groups in total. The lowest BCUT2D eigenvalue weighted by Gasteiger charge is -2.07. The van der Waals surface area contributed by atoms with Crippen molar-refractivity contribution in [2.45, 2.75) is 0 Å². The third kappa shape index (κ3) is 1.83. The molecule has 0 aliphatic rings. The predicted octanol–water partition coefficient (Wildman–Crippen LogP) is 4.91. The van der Waals surface area contributed by atoms with Crippen LogP contribution in [0.1, 0.15) is 0 Å². The first kappa shape index (κ1) is 12.9. The van der Waals surface area contributed by atoms with Gasteiger partial charge >= 0.3 is 0 Å². The maximum Gasteiger partial charge on any atom is 0.124 e. The average Bonchev–Trinajstić information content (AvgIpc) is 2.45. The van der Waals surface area contributed by atoms with Crippen LogP contribution in [0.5, 0.6) is 5.75 Å². The van der Waals surface area contributed by atoms with E-state index in [4.69, 9.17) is 0 Å². The number of aromatic hydroxyl groups is 1. The number of phenolic OH excluding ortho intramolecular Hbond substituents is 1. The van der Waals surface area contributed by atoms with Gasteiger partial charge in [-0.15, -0.1) is 0 Å². The van der Waals surface area contributed by atoms with E-state index in [1.54, 1.807) is 6.07 Å². The lowest BCUT2D eigenvalue weighted by molar-refractivity contribution is 0.482. The molecule has 0 aliphatic heterocycles. The average molecular weight is 278 g/mol. The highest BCUT2D eigenvalue weighted by molar-refractivity contribution is 6.92. The highest BCUT2D eigenvalue weighted by Crippen LogP contribution is 2.34. The summed E-state index contributed by atoms with van der Waals surface area (Å²) >= 11 is 0. The summed E-state index contributed by atoms with van der Waals surface area (Å²) in [5.41, 5.74) is 0. The fraction of sp³-hybridized carbons (Fsp3) is 0. The molecular formula is C18H15OP. The third-order valence-corrected chi connectivity index (χ3v) is 3.70. The van der Waals surface area contributed by atoms with Crippen LogP contribution in [0.25, 0.3) is 32.3 Å². The minimum Gasteiger partial charge on any atom is -0.507 e. The van der Waals surface area contributed by atoms with Crippen molar-refractivity contribution < 1.29 is 5.11 Å². The molecule has 2 heteroatoms. The van der Waals surface area contributed by atoms with Crippen LogP contribution in [0.3, 0.4) is 0 Å². The van der Waals surface area contributed by atoms with E-state index >= 15 is 0 Å². The molecule has 0 fully saturated rings. The molecule has 1 unspecified atom stereocenters. The Morgan fingerprint density at radius 1 is 0.600 bits per heavy atom. The molecular weight excluding hydrogens is 263 g/mol. The maximum absolute atomic E-state index is 10.1. The molecule has 0 bridgehead atoms. The van der Waals surface area contributed by atoms with Gasteiger partial charge in [0, 0.05) is 5.39 Å². The normalized spacial score (nSPS) is 10.8. The molecule has 20 heavy (non-hydrogen) atoms. The Balaban J connectivity index is 0.00000121. The number of benzene rings is 4. The van der Waals surface area contributed by atoms with Gasteiger partial charge in [-0.3, -0.25) is 0 Å². The minimum absolute atomic E-state index is 0. The van der Waals surface area contributed by atoms with E-state index in [-0.39, 0.29) is 9.90 Å². The summed E-state index contributed by atoms with van der Waals surface area (Å²) < 4.78 is 0. The van der Waals surface area contributed by atoms with Gasteiger partial charge in [0.2, 0.25) is 0 Å². The van der Waals surface area contributed by atoms with Crippen molar-refractivity contribution in [1.29, 1.82) is 0 Å². The first-order valence-electron chi connectivity index (χ1n) is 6.36. The highest BCUT2D eigenvalue weighted by atomic mass is 31.0. The lowest BCUT2D eigenvalue weighted by Crippen LogP contribution is -1.80.